The smallest absolute Gasteiger partial charge is 0.339 e. The van der Waals surface area contributed by atoms with E-state index < -0.39 is 17.7 Å². The number of carbonyl (C=O) groups excluding carboxylic acids is 1. The van der Waals surface area contributed by atoms with Crippen LogP contribution in [0.3, 0.4) is 0 Å². The van der Waals surface area contributed by atoms with Gasteiger partial charge in [-0.15, -0.1) is 0 Å². The third-order valence-electron chi connectivity index (χ3n) is 3.59. The lowest BCUT2D eigenvalue weighted by Crippen LogP contribution is -2.29. The number of ether oxygens (including phenoxy) is 3. The van der Waals surface area contributed by atoms with Crippen molar-refractivity contribution in [3.8, 4) is 5.75 Å². The van der Waals surface area contributed by atoms with Crippen LogP contribution in [0.5, 0.6) is 5.75 Å². The number of hydrogen-bond donors (Lipinski definition) is 0. The first-order valence-electron chi connectivity index (χ1n) is 8.19. The van der Waals surface area contributed by atoms with E-state index in [9.17, 15) is 4.79 Å². The van der Waals surface area contributed by atoms with Crippen LogP contribution in [0.2, 0.25) is 0 Å². The molecule has 1 rings (SSSR count). The quantitative estimate of drug-likeness (QED) is 0.547. The number of aryl methyl sites for hydroxylation is 1. The third-order valence-corrected chi connectivity index (χ3v) is 3.59. The lowest BCUT2D eigenvalue weighted by molar-refractivity contribution is -0.164. The first-order valence-corrected chi connectivity index (χ1v) is 8.19. The van der Waals surface area contributed by atoms with Crippen molar-refractivity contribution in [2.45, 2.75) is 66.1 Å². The molecule has 0 aliphatic heterocycles. The molecule has 1 aromatic carbocycles. The number of hydrogen-bond acceptors (Lipinski definition) is 4. The van der Waals surface area contributed by atoms with Gasteiger partial charge in [0, 0.05) is 5.56 Å². The molecule has 0 radical (unpaired) electrons. The van der Waals surface area contributed by atoms with E-state index in [-0.39, 0.29) is 0 Å². The van der Waals surface area contributed by atoms with Crippen molar-refractivity contribution in [1.29, 1.82) is 0 Å². The van der Waals surface area contributed by atoms with Gasteiger partial charge in [0.25, 0.3) is 0 Å². The molecule has 0 saturated heterocycles. The summed E-state index contributed by atoms with van der Waals surface area (Å²) in [6.45, 7) is 12.5. The molecule has 0 aliphatic carbocycles. The molecule has 4 nitrogen and oxygen atoms in total. The Kier molecular flexibility index (Phi) is 7.07. The average molecular weight is 322 g/mol. The molecule has 4 heteroatoms. The second kappa shape index (κ2) is 8.34. The van der Waals surface area contributed by atoms with Crippen LogP contribution < -0.4 is 4.74 Å². The second-order valence-electron chi connectivity index (χ2n) is 6.75. The monoisotopic (exact) mass is 322 g/mol. The van der Waals surface area contributed by atoms with Gasteiger partial charge in [0.1, 0.15) is 5.75 Å². The number of rotatable bonds is 7. The lowest BCUT2D eigenvalue weighted by Gasteiger charge is -2.28. The summed E-state index contributed by atoms with van der Waals surface area (Å²) in [6.07, 6.45) is 1.33. The highest BCUT2D eigenvalue weighted by Crippen LogP contribution is 2.34. The van der Waals surface area contributed by atoms with E-state index in [1.807, 2.05) is 46.8 Å². The Bertz CT molecular complexity index is 529. The van der Waals surface area contributed by atoms with Crippen molar-refractivity contribution in [2.24, 2.45) is 0 Å². The van der Waals surface area contributed by atoms with Gasteiger partial charge < -0.3 is 14.2 Å². The molecule has 130 valence electrons. The van der Waals surface area contributed by atoms with Crippen LogP contribution in [0.25, 0.3) is 0 Å². The molecule has 0 fully saturated rings. The summed E-state index contributed by atoms with van der Waals surface area (Å²) in [4.78, 5) is 12.3. The Morgan fingerprint density at radius 3 is 2.39 bits per heavy atom. The molecule has 0 bridgehead atoms. The van der Waals surface area contributed by atoms with Crippen molar-refractivity contribution in [3.63, 3.8) is 0 Å². The number of methoxy groups -OCH3 is 1. The van der Waals surface area contributed by atoms with Gasteiger partial charge in [-0.1, -0.05) is 19.4 Å². The van der Waals surface area contributed by atoms with Crippen molar-refractivity contribution < 1.29 is 19.0 Å². The summed E-state index contributed by atoms with van der Waals surface area (Å²) >= 11 is 0. The topological polar surface area (TPSA) is 44.8 Å². The minimum atomic E-state index is -0.755. The summed E-state index contributed by atoms with van der Waals surface area (Å²) in [5.74, 6) is 0.405. The zero-order valence-electron chi connectivity index (χ0n) is 15.5. The van der Waals surface area contributed by atoms with Crippen LogP contribution in [-0.2, 0) is 14.3 Å². The highest BCUT2D eigenvalue weighted by molar-refractivity contribution is 5.78. The van der Waals surface area contributed by atoms with Crippen molar-refractivity contribution in [1.82, 2.24) is 0 Å². The van der Waals surface area contributed by atoms with Gasteiger partial charge in [0.05, 0.1) is 19.3 Å². The van der Waals surface area contributed by atoms with Gasteiger partial charge in [-0.05, 0) is 58.2 Å². The standard InChI is InChI=1S/C19H30O4/c1-8-9-12-22-15-11-10-13(2)16(14(15)3)17(18(20)21-7)23-19(4,5)6/h10-11,17H,8-9,12H2,1-7H3/t17-/m0/s1. The van der Waals surface area contributed by atoms with Crippen LogP contribution in [0.1, 0.15) is 63.3 Å². The van der Waals surface area contributed by atoms with E-state index in [2.05, 4.69) is 6.92 Å². The molecule has 0 heterocycles. The fourth-order valence-corrected chi connectivity index (χ4v) is 2.42. The van der Waals surface area contributed by atoms with E-state index in [0.29, 0.717) is 6.61 Å². The van der Waals surface area contributed by atoms with Crippen LogP contribution in [0, 0.1) is 13.8 Å². The molecule has 0 saturated carbocycles. The van der Waals surface area contributed by atoms with Gasteiger partial charge in [0.2, 0.25) is 0 Å². The van der Waals surface area contributed by atoms with Crippen molar-refractivity contribution >= 4 is 5.97 Å². The summed E-state index contributed by atoms with van der Waals surface area (Å²) in [7, 11) is 1.38. The maximum Gasteiger partial charge on any atom is 0.339 e. The highest BCUT2D eigenvalue weighted by Gasteiger charge is 2.31. The normalized spacial score (nSPS) is 12.8. The zero-order chi connectivity index (χ0) is 17.6. The maximum absolute atomic E-state index is 12.3. The van der Waals surface area contributed by atoms with Crippen molar-refractivity contribution in [2.75, 3.05) is 13.7 Å². The fraction of sp³-hybridized carbons (Fsp3) is 0.632. The van der Waals surface area contributed by atoms with Gasteiger partial charge in [-0.2, -0.15) is 0 Å². The molecule has 1 atom stereocenters. The molecule has 0 aromatic heterocycles. The Hall–Kier alpha value is -1.55. The molecule has 0 amide bonds. The molecule has 0 aliphatic rings. The molecular formula is C19H30O4. The lowest BCUT2D eigenvalue weighted by atomic mass is 9.96. The van der Waals surface area contributed by atoms with E-state index in [1.54, 1.807) is 0 Å². The largest absolute Gasteiger partial charge is 0.493 e. The van der Waals surface area contributed by atoms with E-state index in [0.717, 1.165) is 35.3 Å². The van der Waals surface area contributed by atoms with Crippen LogP contribution in [0.15, 0.2) is 12.1 Å². The number of carbonyl (C=O) groups is 1. The van der Waals surface area contributed by atoms with Crippen LogP contribution in [-0.4, -0.2) is 25.3 Å². The summed E-state index contributed by atoms with van der Waals surface area (Å²) < 4.78 is 16.8. The molecule has 23 heavy (non-hydrogen) atoms. The Labute approximate surface area is 140 Å². The number of unbranched alkanes of at least 4 members (excludes halogenated alkanes) is 1. The molecule has 0 spiro atoms. The molecule has 1 aromatic rings. The Morgan fingerprint density at radius 2 is 1.87 bits per heavy atom. The summed E-state index contributed by atoms with van der Waals surface area (Å²) in [5, 5.41) is 0. The van der Waals surface area contributed by atoms with Gasteiger partial charge in [-0.25, -0.2) is 4.79 Å². The number of benzene rings is 1. The highest BCUT2D eigenvalue weighted by atomic mass is 16.6. The van der Waals surface area contributed by atoms with E-state index >= 15 is 0 Å². The van der Waals surface area contributed by atoms with E-state index in [1.165, 1.54) is 7.11 Å². The number of esters is 1. The van der Waals surface area contributed by atoms with E-state index in [4.69, 9.17) is 14.2 Å². The van der Waals surface area contributed by atoms with Crippen molar-refractivity contribution in [3.05, 3.63) is 28.8 Å². The Balaban J connectivity index is 3.23. The summed E-state index contributed by atoms with van der Waals surface area (Å²) in [5.41, 5.74) is 2.29. The fourth-order valence-electron chi connectivity index (χ4n) is 2.42. The summed E-state index contributed by atoms with van der Waals surface area (Å²) in [6, 6.07) is 3.92. The minimum Gasteiger partial charge on any atom is -0.493 e. The van der Waals surface area contributed by atoms with Crippen LogP contribution in [0.4, 0.5) is 0 Å². The van der Waals surface area contributed by atoms with Gasteiger partial charge in [0.15, 0.2) is 6.10 Å². The predicted molar refractivity (Wildman–Crippen MR) is 91.9 cm³/mol. The zero-order valence-corrected chi connectivity index (χ0v) is 15.5. The second-order valence-corrected chi connectivity index (χ2v) is 6.75. The Morgan fingerprint density at radius 1 is 1.22 bits per heavy atom. The SMILES string of the molecule is CCCCOc1ccc(C)c([C@H](OC(C)(C)C)C(=O)OC)c1C. The molecular weight excluding hydrogens is 292 g/mol. The first-order chi connectivity index (χ1) is 10.7. The predicted octanol–water partition coefficient (Wildman–Crippen LogP) is 4.51. The maximum atomic E-state index is 12.3. The molecule has 0 unspecified atom stereocenters. The van der Waals surface area contributed by atoms with Crippen LogP contribution >= 0.6 is 0 Å². The third kappa shape index (κ3) is 5.54. The van der Waals surface area contributed by atoms with Gasteiger partial charge >= 0.3 is 5.97 Å². The van der Waals surface area contributed by atoms with Gasteiger partial charge in [-0.3, -0.25) is 0 Å². The minimum absolute atomic E-state index is 0.392. The first kappa shape index (κ1) is 19.5. The molecule has 0 N–H and O–H groups in total. The average Bonchev–Trinajstić information content (AvgIpc) is 2.46.